The highest BCUT2D eigenvalue weighted by molar-refractivity contribution is 5.36. The highest BCUT2D eigenvalue weighted by Crippen LogP contribution is 2.15. The van der Waals surface area contributed by atoms with Gasteiger partial charge in [0.15, 0.2) is 0 Å². The van der Waals surface area contributed by atoms with Crippen molar-refractivity contribution < 1.29 is 0 Å². The van der Waals surface area contributed by atoms with Gasteiger partial charge in [-0.1, -0.05) is 44.2 Å². The van der Waals surface area contributed by atoms with Gasteiger partial charge in [-0.25, -0.2) is 4.98 Å². The summed E-state index contributed by atoms with van der Waals surface area (Å²) < 4.78 is 2.05. The molecule has 0 aliphatic rings. The average molecular weight is 243 g/mol. The molecule has 1 heterocycles. The van der Waals surface area contributed by atoms with Gasteiger partial charge in [0.1, 0.15) is 5.82 Å². The van der Waals surface area contributed by atoms with Crippen molar-refractivity contribution in [1.82, 2.24) is 9.55 Å². The lowest BCUT2D eigenvalue weighted by Crippen LogP contribution is -2.07. The van der Waals surface area contributed by atoms with Crippen LogP contribution in [0.1, 0.15) is 25.1 Å². The van der Waals surface area contributed by atoms with Gasteiger partial charge in [0, 0.05) is 6.54 Å². The zero-order valence-corrected chi connectivity index (χ0v) is 11.1. The van der Waals surface area contributed by atoms with Crippen molar-refractivity contribution in [2.45, 2.75) is 33.2 Å². The summed E-state index contributed by atoms with van der Waals surface area (Å²) in [7, 11) is 0. The number of anilines is 1. The number of hydrogen-bond acceptors (Lipinski definition) is 2. The van der Waals surface area contributed by atoms with Crippen molar-refractivity contribution in [2.75, 3.05) is 5.73 Å². The SMILES string of the molecule is CC(C)Cn1cnc(CCc2ccccc2)c1N. The van der Waals surface area contributed by atoms with E-state index in [0.717, 1.165) is 30.9 Å². The maximum atomic E-state index is 6.12. The molecule has 0 amide bonds. The first-order valence-electron chi connectivity index (χ1n) is 6.50. The van der Waals surface area contributed by atoms with Gasteiger partial charge in [-0.15, -0.1) is 0 Å². The molecule has 18 heavy (non-hydrogen) atoms. The zero-order chi connectivity index (χ0) is 13.0. The summed E-state index contributed by atoms with van der Waals surface area (Å²) in [4.78, 5) is 4.42. The molecule has 1 aromatic carbocycles. The predicted molar refractivity (Wildman–Crippen MR) is 75.3 cm³/mol. The number of nitrogens with zero attached hydrogens (tertiary/aromatic N) is 2. The Bertz CT molecular complexity index is 486. The first-order chi connectivity index (χ1) is 8.66. The van der Waals surface area contributed by atoms with Gasteiger partial charge >= 0.3 is 0 Å². The summed E-state index contributed by atoms with van der Waals surface area (Å²) in [5, 5.41) is 0. The minimum atomic E-state index is 0.587. The molecule has 0 atom stereocenters. The lowest BCUT2D eigenvalue weighted by atomic mass is 10.1. The van der Waals surface area contributed by atoms with Crippen LogP contribution >= 0.6 is 0 Å². The third kappa shape index (κ3) is 3.13. The second-order valence-electron chi connectivity index (χ2n) is 5.11. The molecule has 96 valence electrons. The number of nitrogen functional groups attached to an aromatic ring is 1. The largest absolute Gasteiger partial charge is 0.384 e. The van der Waals surface area contributed by atoms with Gasteiger partial charge in [0.2, 0.25) is 0 Å². The van der Waals surface area contributed by atoms with Crippen LogP contribution in [0.3, 0.4) is 0 Å². The molecule has 2 rings (SSSR count). The van der Waals surface area contributed by atoms with E-state index in [1.807, 2.05) is 17.0 Å². The fourth-order valence-corrected chi connectivity index (χ4v) is 2.07. The maximum absolute atomic E-state index is 6.12. The van der Waals surface area contributed by atoms with E-state index in [1.165, 1.54) is 5.56 Å². The normalized spacial score (nSPS) is 11.1. The van der Waals surface area contributed by atoms with Crippen LogP contribution in [0, 0.1) is 5.92 Å². The van der Waals surface area contributed by atoms with Crippen LogP contribution in [0.25, 0.3) is 0 Å². The average Bonchev–Trinajstić information content (AvgIpc) is 2.69. The van der Waals surface area contributed by atoms with E-state index < -0.39 is 0 Å². The minimum absolute atomic E-state index is 0.587. The summed E-state index contributed by atoms with van der Waals surface area (Å²) >= 11 is 0. The molecule has 0 spiro atoms. The molecule has 0 fully saturated rings. The highest BCUT2D eigenvalue weighted by Gasteiger charge is 2.08. The Hall–Kier alpha value is -1.77. The fourth-order valence-electron chi connectivity index (χ4n) is 2.07. The number of hydrogen-bond donors (Lipinski definition) is 1. The number of aryl methyl sites for hydroxylation is 2. The van der Waals surface area contributed by atoms with Gasteiger partial charge in [0.05, 0.1) is 12.0 Å². The maximum Gasteiger partial charge on any atom is 0.126 e. The van der Waals surface area contributed by atoms with Gasteiger partial charge in [-0.2, -0.15) is 0 Å². The van der Waals surface area contributed by atoms with E-state index in [4.69, 9.17) is 5.73 Å². The molecule has 1 aromatic heterocycles. The second kappa shape index (κ2) is 5.71. The van der Waals surface area contributed by atoms with Crippen LogP contribution in [0.15, 0.2) is 36.7 Å². The van der Waals surface area contributed by atoms with E-state index in [-0.39, 0.29) is 0 Å². The Morgan fingerprint density at radius 1 is 1.17 bits per heavy atom. The standard InChI is InChI=1S/C15H21N3/c1-12(2)10-18-11-17-14(15(18)16)9-8-13-6-4-3-5-7-13/h3-7,11-12H,8-10,16H2,1-2H3. The second-order valence-corrected chi connectivity index (χ2v) is 5.11. The molecule has 0 saturated carbocycles. The van der Waals surface area contributed by atoms with Crippen molar-refractivity contribution in [2.24, 2.45) is 5.92 Å². The molecular weight excluding hydrogens is 222 g/mol. The van der Waals surface area contributed by atoms with Crippen LogP contribution in [-0.4, -0.2) is 9.55 Å². The molecule has 0 radical (unpaired) electrons. The summed E-state index contributed by atoms with van der Waals surface area (Å²) in [6, 6.07) is 10.4. The molecule has 0 aliphatic carbocycles. The molecule has 3 nitrogen and oxygen atoms in total. The quantitative estimate of drug-likeness (QED) is 0.877. The zero-order valence-electron chi connectivity index (χ0n) is 11.1. The topological polar surface area (TPSA) is 43.8 Å². The molecule has 0 unspecified atom stereocenters. The van der Waals surface area contributed by atoms with Crippen molar-refractivity contribution in [3.63, 3.8) is 0 Å². The molecule has 0 bridgehead atoms. The van der Waals surface area contributed by atoms with Crippen LogP contribution in [-0.2, 0) is 19.4 Å². The van der Waals surface area contributed by atoms with Crippen LogP contribution in [0.4, 0.5) is 5.82 Å². The summed E-state index contributed by atoms with van der Waals surface area (Å²) in [5.41, 5.74) is 8.46. The van der Waals surface area contributed by atoms with Crippen LogP contribution in [0.5, 0.6) is 0 Å². The number of aromatic nitrogens is 2. The van der Waals surface area contributed by atoms with E-state index in [2.05, 4.69) is 43.1 Å². The Labute approximate surface area is 109 Å². The summed E-state index contributed by atoms with van der Waals surface area (Å²) in [6.45, 7) is 5.30. The van der Waals surface area contributed by atoms with Crippen molar-refractivity contribution in [3.8, 4) is 0 Å². The van der Waals surface area contributed by atoms with E-state index in [0.29, 0.717) is 5.92 Å². The number of benzene rings is 1. The minimum Gasteiger partial charge on any atom is -0.384 e. The van der Waals surface area contributed by atoms with E-state index >= 15 is 0 Å². The third-order valence-electron chi connectivity index (χ3n) is 3.01. The number of rotatable bonds is 5. The third-order valence-corrected chi connectivity index (χ3v) is 3.01. The smallest absolute Gasteiger partial charge is 0.126 e. The van der Waals surface area contributed by atoms with Crippen LogP contribution < -0.4 is 5.73 Å². The van der Waals surface area contributed by atoms with Crippen LogP contribution in [0.2, 0.25) is 0 Å². The monoisotopic (exact) mass is 243 g/mol. The lowest BCUT2D eigenvalue weighted by molar-refractivity contribution is 0.527. The molecule has 0 aliphatic heterocycles. The van der Waals surface area contributed by atoms with Gasteiger partial charge in [0.25, 0.3) is 0 Å². The highest BCUT2D eigenvalue weighted by atomic mass is 15.1. The number of nitrogens with two attached hydrogens (primary N) is 1. The summed E-state index contributed by atoms with van der Waals surface area (Å²) in [6.07, 6.45) is 3.75. The van der Waals surface area contributed by atoms with Crippen molar-refractivity contribution in [3.05, 3.63) is 47.9 Å². The fraction of sp³-hybridized carbons (Fsp3) is 0.400. The Morgan fingerprint density at radius 3 is 2.56 bits per heavy atom. The first-order valence-corrected chi connectivity index (χ1v) is 6.50. The molecule has 3 heteroatoms. The van der Waals surface area contributed by atoms with Gasteiger partial charge < -0.3 is 10.3 Å². The first kappa shape index (κ1) is 12.7. The predicted octanol–water partition coefficient (Wildman–Crippen LogP) is 2.91. The van der Waals surface area contributed by atoms with Crippen molar-refractivity contribution >= 4 is 5.82 Å². The van der Waals surface area contributed by atoms with E-state index in [9.17, 15) is 0 Å². The Morgan fingerprint density at radius 2 is 1.89 bits per heavy atom. The summed E-state index contributed by atoms with van der Waals surface area (Å²) in [5.74, 6) is 1.41. The molecular formula is C15H21N3. The van der Waals surface area contributed by atoms with Gasteiger partial charge in [-0.05, 0) is 24.3 Å². The number of imidazole rings is 1. The lowest BCUT2D eigenvalue weighted by Gasteiger charge is -2.08. The molecule has 0 saturated heterocycles. The molecule has 2 aromatic rings. The Balaban J connectivity index is 2.00. The molecule has 2 N–H and O–H groups in total. The van der Waals surface area contributed by atoms with E-state index in [1.54, 1.807) is 0 Å². The Kier molecular flexibility index (Phi) is 4.03. The van der Waals surface area contributed by atoms with Crippen molar-refractivity contribution in [1.29, 1.82) is 0 Å². The van der Waals surface area contributed by atoms with Gasteiger partial charge in [-0.3, -0.25) is 0 Å².